The number of nitrogens with zero attached hydrogens (tertiary/aromatic N) is 1. The van der Waals surface area contributed by atoms with Gasteiger partial charge >= 0.3 is 0 Å². The van der Waals surface area contributed by atoms with Gasteiger partial charge in [0.1, 0.15) is 18.3 Å². The normalized spacial score (nSPS) is 26.3. The van der Waals surface area contributed by atoms with Gasteiger partial charge in [-0.1, -0.05) is 0 Å². The molecule has 7 heteroatoms. The van der Waals surface area contributed by atoms with Crippen molar-refractivity contribution in [3.63, 3.8) is 0 Å². The summed E-state index contributed by atoms with van der Waals surface area (Å²) in [7, 11) is 0. The van der Waals surface area contributed by atoms with E-state index in [1.54, 1.807) is 18.3 Å². The molecule has 2 heterocycles. The minimum atomic E-state index is -0.921. The third kappa shape index (κ3) is 4.04. The molecule has 100 valence electrons. The topological polar surface area (TPSA) is 126 Å². The highest BCUT2D eigenvalue weighted by molar-refractivity contribution is 5.92. The van der Waals surface area contributed by atoms with Crippen LogP contribution in [0, 0.1) is 0 Å². The fourth-order valence-corrected chi connectivity index (χ4v) is 1.34. The molecule has 0 bridgehead atoms. The van der Waals surface area contributed by atoms with E-state index in [-0.39, 0.29) is 13.2 Å². The van der Waals surface area contributed by atoms with Crippen molar-refractivity contribution in [2.45, 2.75) is 18.3 Å². The van der Waals surface area contributed by atoms with E-state index in [1.165, 1.54) is 6.20 Å². The predicted octanol–water partition coefficient (Wildman–Crippen LogP) is -1.72. The molecular formula is C11H16N2O5. The third-order valence-electron chi connectivity index (χ3n) is 2.38. The Morgan fingerprint density at radius 1 is 1.56 bits per heavy atom. The Balaban J connectivity index is 0.000000180. The maximum absolute atomic E-state index is 10.4. The van der Waals surface area contributed by atoms with Crippen molar-refractivity contribution in [2.75, 3.05) is 13.2 Å². The van der Waals surface area contributed by atoms with E-state index in [0.29, 0.717) is 5.56 Å². The average molecular weight is 256 g/mol. The molecule has 2 rings (SSSR count). The minimum Gasteiger partial charge on any atom is -0.394 e. The molecule has 1 aromatic rings. The maximum atomic E-state index is 10.4. The van der Waals surface area contributed by atoms with Gasteiger partial charge in [0.2, 0.25) is 5.91 Å². The Morgan fingerprint density at radius 2 is 2.28 bits per heavy atom. The van der Waals surface area contributed by atoms with E-state index in [0.717, 1.165) is 0 Å². The van der Waals surface area contributed by atoms with Gasteiger partial charge in [0.05, 0.1) is 18.8 Å². The van der Waals surface area contributed by atoms with Crippen LogP contribution in [0.2, 0.25) is 0 Å². The van der Waals surface area contributed by atoms with E-state index >= 15 is 0 Å². The number of ether oxygens (including phenoxy) is 1. The second kappa shape index (κ2) is 7.02. The second-order valence-electron chi connectivity index (χ2n) is 3.72. The quantitative estimate of drug-likeness (QED) is 0.498. The number of aromatic nitrogens is 1. The molecule has 0 aliphatic carbocycles. The Bertz CT molecular complexity index is 373. The van der Waals surface area contributed by atoms with Crippen molar-refractivity contribution in [3.8, 4) is 0 Å². The largest absolute Gasteiger partial charge is 0.394 e. The first-order chi connectivity index (χ1) is 8.56. The minimum absolute atomic E-state index is 0.117. The van der Waals surface area contributed by atoms with Crippen molar-refractivity contribution in [1.29, 1.82) is 0 Å². The van der Waals surface area contributed by atoms with Crippen LogP contribution >= 0.6 is 0 Å². The lowest BCUT2D eigenvalue weighted by Gasteiger charge is -2.10. The molecule has 0 aromatic carbocycles. The molecule has 1 aliphatic heterocycles. The van der Waals surface area contributed by atoms with Crippen LogP contribution in [-0.2, 0) is 4.74 Å². The highest BCUT2D eigenvalue weighted by Gasteiger charge is 2.33. The van der Waals surface area contributed by atoms with Gasteiger partial charge < -0.3 is 25.8 Å². The molecule has 1 amide bonds. The highest BCUT2D eigenvalue weighted by Crippen LogP contribution is 2.12. The number of aliphatic hydroxyl groups excluding tert-OH is 3. The van der Waals surface area contributed by atoms with Gasteiger partial charge in [-0.2, -0.15) is 0 Å². The van der Waals surface area contributed by atoms with Gasteiger partial charge in [-0.05, 0) is 12.1 Å². The summed E-state index contributed by atoms with van der Waals surface area (Å²) in [6, 6.07) is 3.29. The van der Waals surface area contributed by atoms with Crippen LogP contribution in [-0.4, -0.2) is 57.7 Å². The first-order valence-electron chi connectivity index (χ1n) is 5.34. The predicted molar refractivity (Wildman–Crippen MR) is 61.6 cm³/mol. The van der Waals surface area contributed by atoms with E-state index in [1.807, 2.05) is 0 Å². The van der Waals surface area contributed by atoms with Gasteiger partial charge in [0.25, 0.3) is 0 Å². The smallest absolute Gasteiger partial charge is 0.250 e. The fraction of sp³-hybridized carbons (Fsp3) is 0.455. The molecule has 0 saturated carbocycles. The van der Waals surface area contributed by atoms with Crippen molar-refractivity contribution >= 4 is 5.91 Å². The Kier molecular flexibility index (Phi) is 5.66. The summed E-state index contributed by atoms with van der Waals surface area (Å²) in [6.45, 7) is -0.120. The van der Waals surface area contributed by atoms with E-state index < -0.39 is 24.2 Å². The van der Waals surface area contributed by atoms with Gasteiger partial charge in [0.15, 0.2) is 0 Å². The maximum Gasteiger partial charge on any atom is 0.250 e. The number of carbonyl (C=O) groups excluding carboxylic acids is 1. The first-order valence-corrected chi connectivity index (χ1v) is 5.34. The van der Waals surface area contributed by atoms with Crippen molar-refractivity contribution < 1.29 is 24.9 Å². The molecule has 0 radical (unpaired) electrons. The molecule has 0 spiro atoms. The van der Waals surface area contributed by atoms with Crippen LogP contribution < -0.4 is 5.73 Å². The molecule has 1 aromatic heterocycles. The van der Waals surface area contributed by atoms with Crippen LogP contribution in [0.25, 0.3) is 0 Å². The van der Waals surface area contributed by atoms with E-state index in [4.69, 9.17) is 25.8 Å². The number of hydrogen-bond acceptors (Lipinski definition) is 6. The van der Waals surface area contributed by atoms with Crippen molar-refractivity contribution in [2.24, 2.45) is 5.73 Å². The number of primary amides is 1. The highest BCUT2D eigenvalue weighted by atomic mass is 16.5. The summed E-state index contributed by atoms with van der Waals surface area (Å²) in [4.78, 5) is 14.1. The molecule has 18 heavy (non-hydrogen) atoms. The molecular weight excluding hydrogens is 240 g/mol. The van der Waals surface area contributed by atoms with Crippen LogP contribution in [0.15, 0.2) is 24.5 Å². The summed E-state index contributed by atoms with van der Waals surface area (Å²) in [5, 5.41) is 26.2. The number of carbonyl (C=O) groups is 1. The van der Waals surface area contributed by atoms with Gasteiger partial charge in [-0.3, -0.25) is 9.78 Å². The summed E-state index contributed by atoms with van der Waals surface area (Å²) in [5.41, 5.74) is 5.38. The molecule has 1 saturated heterocycles. The molecule has 1 aliphatic rings. The zero-order valence-electron chi connectivity index (χ0n) is 9.64. The molecule has 3 atom stereocenters. The monoisotopic (exact) mass is 256 g/mol. The lowest BCUT2D eigenvalue weighted by Crippen LogP contribution is -2.31. The summed E-state index contributed by atoms with van der Waals surface area (Å²) in [5.74, 6) is -0.442. The lowest BCUT2D eigenvalue weighted by molar-refractivity contribution is -0.00588. The number of nitrogens with two attached hydrogens (primary N) is 1. The van der Waals surface area contributed by atoms with Crippen LogP contribution in [0.5, 0.6) is 0 Å². The van der Waals surface area contributed by atoms with Crippen molar-refractivity contribution in [3.05, 3.63) is 30.1 Å². The SMILES string of the molecule is NC(=O)c1cccnc1.OC[C@H]1OC[C@H](O)[C@@H]1O. The second-order valence-corrected chi connectivity index (χ2v) is 3.72. The van der Waals surface area contributed by atoms with Gasteiger partial charge in [-0.15, -0.1) is 0 Å². The molecule has 7 nitrogen and oxygen atoms in total. The van der Waals surface area contributed by atoms with E-state index in [2.05, 4.69) is 4.98 Å². The molecule has 0 unspecified atom stereocenters. The van der Waals surface area contributed by atoms with Crippen LogP contribution in [0.3, 0.4) is 0 Å². The average Bonchev–Trinajstić information content (AvgIpc) is 2.71. The Morgan fingerprint density at radius 3 is 2.56 bits per heavy atom. The fourth-order valence-electron chi connectivity index (χ4n) is 1.34. The molecule has 5 N–H and O–H groups in total. The lowest BCUT2D eigenvalue weighted by atomic mass is 10.2. The summed E-state index contributed by atoms with van der Waals surface area (Å²) < 4.78 is 4.78. The zero-order valence-corrected chi connectivity index (χ0v) is 9.64. The van der Waals surface area contributed by atoms with E-state index in [9.17, 15) is 4.79 Å². The number of hydrogen-bond donors (Lipinski definition) is 4. The Labute approximate surface area is 104 Å². The third-order valence-corrected chi connectivity index (χ3v) is 2.38. The number of amides is 1. The number of rotatable bonds is 2. The zero-order chi connectivity index (χ0) is 13.5. The standard InChI is InChI=1S/C6H6N2O.C5H10O4/c7-6(9)5-2-1-3-8-4-5;6-1-4-5(8)3(7)2-9-4/h1-4H,(H2,7,9);3-8H,1-2H2/t;3-,4+,5-/m.0/s1. The van der Waals surface area contributed by atoms with Crippen molar-refractivity contribution in [1.82, 2.24) is 4.98 Å². The summed E-state index contributed by atoms with van der Waals surface area (Å²) in [6.07, 6.45) is 0.673. The molecule has 1 fully saturated rings. The Hall–Kier alpha value is -1.54. The van der Waals surface area contributed by atoms with Gasteiger partial charge in [-0.25, -0.2) is 0 Å². The number of aliphatic hydroxyl groups is 3. The van der Waals surface area contributed by atoms with Crippen LogP contribution in [0.4, 0.5) is 0 Å². The van der Waals surface area contributed by atoms with Crippen LogP contribution in [0.1, 0.15) is 10.4 Å². The summed E-state index contributed by atoms with van der Waals surface area (Å²) >= 11 is 0. The first kappa shape index (κ1) is 14.5. The van der Waals surface area contributed by atoms with Gasteiger partial charge in [0, 0.05) is 12.4 Å². The number of pyridine rings is 1.